The molecule has 1 heterocycles. The molecule has 2 fully saturated rings. The summed E-state index contributed by atoms with van der Waals surface area (Å²) in [6.07, 6.45) is 5.78. The van der Waals surface area contributed by atoms with Gasteiger partial charge in [-0.15, -0.1) is 0 Å². The molecule has 2 saturated carbocycles. The fourth-order valence-corrected chi connectivity index (χ4v) is 4.60. The predicted octanol–water partition coefficient (Wildman–Crippen LogP) is 3.34. The first-order chi connectivity index (χ1) is 9.33. The lowest BCUT2D eigenvalue weighted by Gasteiger charge is -2.43. The van der Waals surface area contributed by atoms with Crippen molar-refractivity contribution in [2.24, 2.45) is 22.5 Å². The van der Waals surface area contributed by atoms with Gasteiger partial charge in [0.1, 0.15) is 10.8 Å². The van der Waals surface area contributed by atoms with Gasteiger partial charge in [0, 0.05) is 17.8 Å². The highest BCUT2D eigenvalue weighted by molar-refractivity contribution is 7.80. The van der Waals surface area contributed by atoms with Crippen molar-refractivity contribution < 1.29 is 0 Å². The Bertz CT molecular complexity index is 550. The molecule has 2 bridgehead atoms. The number of fused-ring (bicyclic) bond motifs is 2. The van der Waals surface area contributed by atoms with Crippen LogP contribution in [0.4, 0.5) is 5.82 Å². The summed E-state index contributed by atoms with van der Waals surface area (Å²) >= 11 is 5.05. The second-order valence-corrected chi connectivity index (χ2v) is 7.73. The van der Waals surface area contributed by atoms with Crippen molar-refractivity contribution >= 4 is 23.0 Å². The van der Waals surface area contributed by atoms with E-state index < -0.39 is 0 Å². The molecule has 20 heavy (non-hydrogen) atoms. The second-order valence-electron chi connectivity index (χ2n) is 7.29. The van der Waals surface area contributed by atoms with E-state index in [9.17, 15) is 0 Å². The minimum Gasteiger partial charge on any atom is -0.389 e. The zero-order chi connectivity index (χ0) is 14.5. The number of nitrogens with one attached hydrogen (secondary N) is 1. The van der Waals surface area contributed by atoms with Gasteiger partial charge in [0.05, 0.1) is 0 Å². The zero-order valence-electron chi connectivity index (χ0n) is 12.4. The molecule has 3 atom stereocenters. The molecule has 1 aromatic heterocycles. The van der Waals surface area contributed by atoms with Crippen molar-refractivity contribution in [1.29, 1.82) is 0 Å². The number of anilines is 1. The standard InChI is InChI=1S/C16H23N3S/c1-15(2)11-4-6-16(3,9-11)14(15)19-12-8-10(13(17)20)5-7-18-12/h5,7-8,11,14H,4,6,9H2,1-3H3,(H2,17,20)(H,18,19). The molecule has 0 spiro atoms. The molecule has 3 nitrogen and oxygen atoms in total. The Hall–Kier alpha value is -1.16. The highest BCUT2D eigenvalue weighted by Crippen LogP contribution is 2.62. The fourth-order valence-electron chi connectivity index (χ4n) is 4.47. The second kappa shape index (κ2) is 4.42. The summed E-state index contributed by atoms with van der Waals surface area (Å²) < 4.78 is 0. The van der Waals surface area contributed by atoms with Crippen LogP contribution in [0.1, 0.15) is 45.6 Å². The maximum absolute atomic E-state index is 5.71. The van der Waals surface area contributed by atoms with Gasteiger partial charge in [-0.3, -0.25) is 0 Å². The van der Waals surface area contributed by atoms with Crippen LogP contribution in [0.2, 0.25) is 0 Å². The van der Waals surface area contributed by atoms with Gasteiger partial charge in [-0.1, -0.05) is 33.0 Å². The van der Waals surface area contributed by atoms with Crippen molar-refractivity contribution in [3.8, 4) is 0 Å². The Morgan fingerprint density at radius 3 is 2.80 bits per heavy atom. The van der Waals surface area contributed by atoms with Gasteiger partial charge in [-0.25, -0.2) is 4.98 Å². The van der Waals surface area contributed by atoms with Crippen LogP contribution < -0.4 is 11.1 Å². The van der Waals surface area contributed by atoms with E-state index >= 15 is 0 Å². The minimum absolute atomic E-state index is 0.313. The van der Waals surface area contributed by atoms with Crippen LogP contribution in [0.5, 0.6) is 0 Å². The van der Waals surface area contributed by atoms with E-state index in [1.165, 1.54) is 19.3 Å². The largest absolute Gasteiger partial charge is 0.389 e. The molecule has 1 aromatic rings. The number of aromatic nitrogens is 1. The molecule has 0 aliphatic heterocycles. The van der Waals surface area contributed by atoms with Gasteiger partial charge >= 0.3 is 0 Å². The van der Waals surface area contributed by atoms with Crippen LogP contribution in [0, 0.1) is 16.7 Å². The maximum Gasteiger partial charge on any atom is 0.126 e. The normalized spacial score (nSPS) is 34.1. The molecular weight excluding hydrogens is 266 g/mol. The molecule has 0 amide bonds. The minimum atomic E-state index is 0.313. The molecular formula is C16H23N3S. The SMILES string of the molecule is CC12CCC(C1)C(C)(C)C2Nc1cc(C(N)=S)ccn1. The summed E-state index contributed by atoms with van der Waals surface area (Å²) in [7, 11) is 0. The molecule has 3 rings (SSSR count). The first-order valence-corrected chi connectivity index (χ1v) is 7.76. The van der Waals surface area contributed by atoms with Crippen LogP contribution in [0.3, 0.4) is 0 Å². The number of nitrogens with two attached hydrogens (primary N) is 1. The summed E-state index contributed by atoms with van der Waals surface area (Å²) in [6, 6.07) is 4.29. The van der Waals surface area contributed by atoms with Crippen molar-refractivity contribution in [2.45, 2.75) is 46.1 Å². The van der Waals surface area contributed by atoms with E-state index in [0.717, 1.165) is 17.3 Å². The molecule has 4 heteroatoms. The lowest BCUT2D eigenvalue weighted by Crippen LogP contribution is -2.46. The fraction of sp³-hybridized carbons (Fsp3) is 0.625. The van der Waals surface area contributed by atoms with E-state index in [0.29, 0.717) is 21.9 Å². The highest BCUT2D eigenvalue weighted by atomic mass is 32.1. The Morgan fingerprint density at radius 2 is 2.20 bits per heavy atom. The third-order valence-corrected chi connectivity index (χ3v) is 5.84. The smallest absolute Gasteiger partial charge is 0.126 e. The monoisotopic (exact) mass is 289 g/mol. The summed E-state index contributed by atoms with van der Waals surface area (Å²) in [6.45, 7) is 7.19. The number of thiocarbonyl (C=S) groups is 1. The van der Waals surface area contributed by atoms with E-state index in [4.69, 9.17) is 18.0 Å². The quantitative estimate of drug-likeness (QED) is 0.838. The number of nitrogens with zero attached hydrogens (tertiary/aromatic N) is 1. The van der Waals surface area contributed by atoms with E-state index in [-0.39, 0.29) is 0 Å². The number of rotatable bonds is 3. The maximum atomic E-state index is 5.71. The van der Waals surface area contributed by atoms with Gasteiger partial charge in [-0.2, -0.15) is 0 Å². The van der Waals surface area contributed by atoms with Crippen LogP contribution in [-0.2, 0) is 0 Å². The highest BCUT2D eigenvalue weighted by Gasteiger charge is 2.59. The average molecular weight is 289 g/mol. The van der Waals surface area contributed by atoms with Crippen LogP contribution in [0.25, 0.3) is 0 Å². The van der Waals surface area contributed by atoms with Gasteiger partial charge in [-0.05, 0) is 48.1 Å². The van der Waals surface area contributed by atoms with Crippen molar-refractivity contribution in [2.75, 3.05) is 5.32 Å². The van der Waals surface area contributed by atoms with Crippen LogP contribution >= 0.6 is 12.2 Å². The van der Waals surface area contributed by atoms with Crippen LogP contribution in [0.15, 0.2) is 18.3 Å². The number of hydrogen-bond acceptors (Lipinski definition) is 3. The first-order valence-electron chi connectivity index (χ1n) is 7.35. The summed E-state index contributed by atoms with van der Waals surface area (Å²) in [5.74, 6) is 1.71. The number of hydrogen-bond donors (Lipinski definition) is 2. The lowest BCUT2D eigenvalue weighted by atomic mass is 9.68. The van der Waals surface area contributed by atoms with E-state index in [1.807, 2.05) is 12.1 Å². The molecule has 0 aromatic carbocycles. The van der Waals surface area contributed by atoms with Gasteiger partial charge in [0.2, 0.25) is 0 Å². The molecule has 108 valence electrons. The third kappa shape index (κ3) is 2.01. The Kier molecular flexibility index (Phi) is 3.05. The summed E-state index contributed by atoms with van der Waals surface area (Å²) in [5, 5.41) is 3.67. The Labute approximate surface area is 126 Å². The molecule has 2 aliphatic rings. The molecule has 2 aliphatic carbocycles. The molecule has 3 unspecified atom stereocenters. The van der Waals surface area contributed by atoms with Crippen LogP contribution in [-0.4, -0.2) is 16.0 Å². The van der Waals surface area contributed by atoms with Crippen molar-refractivity contribution in [3.63, 3.8) is 0 Å². The summed E-state index contributed by atoms with van der Waals surface area (Å²) in [4.78, 5) is 4.86. The first kappa shape index (κ1) is 13.8. The molecule has 3 N–H and O–H groups in total. The lowest BCUT2D eigenvalue weighted by molar-refractivity contribution is 0.155. The van der Waals surface area contributed by atoms with Gasteiger partial charge in [0.15, 0.2) is 0 Å². The van der Waals surface area contributed by atoms with Gasteiger partial charge < -0.3 is 11.1 Å². The third-order valence-electron chi connectivity index (χ3n) is 5.61. The zero-order valence-corrected chi connectivity index (χ0v) is 13.3. The molecule has 0 saturated heterocycles. The average Bonchev–Trinajstić information content (AvgIpc) is 2.86. The Balaban J connectivity index is 1.87. The van der Waals surface area contributed by atoms with Crippen molar-refractivity contribution in [3.05, 3.63) is 23.9 Å². The summed E-state index contributed by atoms with van der Waals surface area (Å²) in [5.41, 5.74) is 7.28. The molecule has 0 radical (unpaired) electrons. The van der Waals surface area contributed by atoms with E-state index in [1.54, 1.807) is 6.20 Å². The van der Waals surface area contributed by atoms with Gasteiger partial charge in [0.25, 0.3) is 0 Å². The van der Waals surface area contributed by atoms with E-state index in [2.05, 4.69) is 31.1 Å². The Morgan fingerprint density at radius 1 is 1.45 bits per heavy atom. The van der Waals surface area contributed by atoms with Crippen molar-refractivity contribution in [1.82, 2.24) is 4.98 Å². The topological polar surface area (TPSA) is 50.9 Å². The number of pyridine rings is 1. The predicted molar refractivity (Wildman–Crippen MR) is 86.8 cm³/mol.